The third-order valence-electron chi connectivity index (χ3n) is 3.77. The molecule has 0 radical (unpaired) electrons. The third-order valence-corrected chi connectivity index (χ3v) is 3.77. The maximum absolute atomic E-state index is 5.50. The number of piperidine rings is 1. The second-order valence-corrected chi connectivity index (χ2v) is 4.85. The van der Waals surface area contributed by atoms with E-state index in [0.717, 1.165) is 12.2 Å². The highest BCUT2D eigenvalue weighted by atomic mass is 16.3. The van der Waals surface area contributed by atoms with Crippen LogP contribution in [0.5, 0.6) is 0 Å². The lowest BCUT2D eigenvalue weighted by Gasteiger charge is -2.33. The number of hydrogen-bond donors (Lipinski definition) is 1. The van der Waals surface area contributed by atoms with Crippen LogP contribution in [-0.4, -0.2) is 30.6 Å². The van der Waals surface area contributed by atoms with Crippen LogP contribution in [0.1, 0.15) is 44.9 Å². The van der Waals surface area contributed by atoms with Gasteiger partial charge in [0.1, 0.15) is 5.76 Å². The third kappa shape index (κ3) is 3.33. The van der Waals surface area contributed by atoms with Crippen LogP contribution in [0.15, 0.2) is 22.8 Å². The molecule has 1 atom stereocenters. The summed E-state index contributed by atoms with van der Waals surface area (Å²) in [4.78, 5) is 2.52. The standard InChI is InChI=1S/C14H24N2O/c1-3-13(14-6-5-11-17-14)15-12-7-9-16(4-2)10-8-12/h5-6,11-13,15H,3-4,7-10H2,1-2H3. The van der Waals surface area contributed by atoms with Crippen molar-refractivity contribution in [3.63, 3.8) is 0 Å². The van der Waals surface area contributed by atoms with Crippen molar-refractivity contribution in [2.45, 2.75) is 45.2 Å². The van der Waals surface area contributed by atoms with Gasteiger partial charge in [-0.15, -0.1) is 0 Å². The molecule has 2 rings (SSSR count). The number of likely N-dealkylation sites (tertiary alicyclic amines) is 1. The molecule has 3 nitrogen and oxygen atoms in total. The summed E-state index contributed by atoms with van der Waals surface area (Å²) in [7, 11) is 0. The van der Waals surface area contributed by atoms with Gasteiger partial charge >= 0.3 is 0 Å². The van der Waals surface area contributed by atoms with E-state index in [-0.39, 0.29) is 0 Å². The molecule has 17 heavy (non-hydrogen) atoms. The predicted octanol–water partition coefficient (Wildman–Crippen LogP) is 2.80. The van der Waals surface area contributed by atoms with Crippen molar-refractivity contribution in [2.75, 3.05) is 19.6 Å². The number of rotatable bonds is 5. The first-order valence-corrected chi connectivity index (χ1v) is 6.85. The Hall–Kier alpha value is -0.800. The van der Waals surface area contributed by atoms with Crippen molar-refractivity contribution in [3.05, 3.63) is 24.2 Å². The van der Waals surface area contributed by atoms with Gasteiger partial charge < -0.3 is 14.6 Å². The lowest BCUT2D eigenvalue weighted by Crippen LogP contribution is -2.43. The van der Waals surface area contributed by atoms with Gasteiger partial charge in [0.25, 0.3) is 0 Å². The molecule has 96 valence electrons. The van der Waals surface area contributed by atoms with E-state index >= 15 is 0 Å². The van der Waals surface area contributed by atoms with E-state index in [1.807, 2.05) is 6.07 Å². The number of furan rings is 1. The van der Waals surface area contributed by atoms with Gasteiger partial charge in [-0.3, -0.25) is 0 Å². The van der Waals surface area contributed by atoms with Crippen molar-refractivity contribution in [1.29, 1.82) is 0 Å². The molecular formula is C14H24N2O. The summed E-state index contributed by atoms with van der Waals surface area (Å²) in [5.41, 5.74) is 0. The summed E-state index contributed by atoms with van der Waals surface area (Å²) in [6.45, 7) is 8.08. The lowest BCUT2D eigenvalue weighted by atomic mass is 10.0. The molecule has 1 saturated heterocycles. The van der Waals surface area contributed by atoms with E-state index < -0.39 is 0 Å². The lowest BCUT2D eigenvalue weighted by molar-refractivity contribution is 0.194. The highest BCUT2D eigenvalue weighted by Crippen LogP contribution is 2.20. The minimum atomic E-state index is 0.378. The molecule has 1 N–H and O–H groups in total. The van der Waals surface area contributed by atoms with Crippen LogP contribution in [0.3, 0.4) is 0 Å². The smallest absolute Gasteiger partial charge is 0.120 e. The van der Waals surface area contributed by atoms with E-state index in [4.69, 9.17) is 4.42 Å². The molecule has 1 aromatic heterocycles. The zero-order valence-corrected chi connectivity index (χ0v) is 11.0. The topological polar surface area (TPSA) is 28.4 Å². The monoisotopic (exact) mass is 236 g/mol. The van der Waals surface area contributed by atoms with Crippen LogP contribution in [0, 0.1) is 0 Å². The van der Waals surface area contributed by atoms with Gasteiger partial charge in [-0.2, -0.15) is 0 Å². The zero-order chi connectivity index (χ0) is 12.1. The first kappa shape index (κ1) is 12.7. The molecule has 1 aliphatic rings. The summed E-state index contributed by atoms with van der Waals surface area (Å²) in [5.74, 6) is 1.07. The molecular weight excluding hydrogens is 212 g/mol. The fourth-order valence-corrected chi connectivity index (χ4v) is 2.59. The van der Waals surface area contributed by atoms with Gasteiger partial charge in [0, 0.05) is 6.04 Å². The van der Waals surface area contributed by atoms with E-state index in [9.17, 15) is 0 Å². The van der Waals surface area contributed by atoms with Crippen molar-refractivity contribution >= 4 is 0 Å². The fraction of sp³-hybridized carbons (Fsp3) is 0.714. The summed E-state index contributed by atoms with van der Waals surface area (Å²) in [6, 6.07) is 5.07. The van der Waals surface area contributed by atoms with Gasteiger partial charge in [-0.25, -0.2) is 0 Å². The molecule has 3 heteroatoms. The van der Waals surface area contributed by atoms with Crippen molar-refractivity contribution in [1.82, 2.24) is 10.2 Å². The Balaban J connectivity index is 1.84. The minimum absolute atomic E-state index is 0.378. The Morgan fingerprint density at radius 3 is 2.71 bits per heavy atom. The summed E-state index contributed by atoms with van der Waals surface area (Å²) < 4.78 is 5.50. The Kier molecular flexibility index (Phi) is 4.63. The molecule has 1 fully saturated rings. The molecule has 0 saturated carbocycles. The molecule has 0 aliphatic carbocycles. The first-order valence-electron chi connectivity index (χ1n) is 6.85. The average Bonchev–Trinajstić information content (AvgIpc) is 2.90. The van der Waals surface area contributed by atoms with Crippen LogP contribution in [0.25, 0.3) is 0 Å². The Morgan fingerprint density at radius 1 is 1.41 bits per heavy atom. The van der Waals surface area contributed by atoms with E-state index in [1.165, 1.54) is 32.5 Å². The van der Waals surface area contributed by atoms with Crippen LogP contribution in [-0.2, 0) is 0 Å². The number of nitrogens with one attached hydrogen (secondary N) is 1. The molecule has 0 aromatic carbocycles. The van der Waals surface area contributed by atoms with E-state index in [0.29, 0.717) is 12.1 Å². The Morgan fingerprint density at radius 2 is 2.18 bits per heavy atom. The average molecular weight is 236 g/mol. The first-order chi connectivity index (χ1) is 8.33. The Bertz CT molecular complexity index is 302. The van der Waals surface area contributed by atoms with Gasteiger partial charge in [0.05, 0.1) is 12.3 Å². The van der Waals surface area contributed by atoms with Crippen molar-refractivity contribution in [3.8, 4) is 0 Å². The quantitative estimate of drug-likeness (QED) is 0.852. The fourth-order valence-electron chi connectivity index (χ4n) is 2.59. The highest BCUT2D eigenvalue weighted by molar-refractivity contribution is 5.04. The van der Waals surface area contributed by atoms with Crippen LogP contribution >= 0.6 is 0 Å². The van der Waals surface area contributed by atoms with Crippen LogP contribution < -0.4 is 5.32 Å². The summed E-state index contributed by atoms with van der Waals surface area (Å²) >= 11 is 0. The maximum Gasteiger partial charge on any atom is 0.120 e. The molecule has 0 amide bonds. The van der Waals surface area contributed by atoms with Crippen molar-refractivity contribution in [2.24, 2.45) is 0 Å². The second kappa shape index (κ2) is 6.22. The molecule has 0 bridgehead atoms. The molecule has 2 heterocycles. The SMILES string of the molecule is CCC(NC1CCN(CC)CC1)c1ccco1. The molecule has 1 aromatic rings. The normalized spacial score (nSPS) is 20.6. The summed E-state index contributed by atoms with van der Waals surface area (Å²) in [6.07, 6.45) is 5.36. The largest absolute Gasteiger partial charge is 0.468 e. The van der Waals surface area contributed by atoms with Crippen LogP contribution in [0.2, 0.25) is 0 Å². The molecule has 1 aliphatic heterocycles. The zero-order valence-electron chi connectivity index (χ0n) is 11.0. The maximum atomic E-state index is 5.50. The second-order valence-electron chi connectivity index (χ2n) is 4.85. The number of nitrogens with zero attached hydrogens (tertiary/aromatic N) is 1. The van der Waals surface area contributed by atoms with Crippen LogP contribution in [0.4, 0.5) is 0 Å². The predicted molar refractivity (Wildman–Crippen MR) is 70.0 cm³/mol. The van der Waals surface area contributed by atoms with Gasteiger partial charge in [-0.05, 0) is 51.0 Å². The van der Waals surface area contributed by atoms with Gasteiger partial charge in [-0.1, -0.05) is 13.8 Å². The molecule has 1 unspecified atom stereocenters. The van der Waals surface area contributed by atoms with Gasteiger partial charge in [0.15, 0.2) is 0 Å². The van der Waals surface area contributed by atoms with E-state index in [1.54, 1.807) is 6.26 Å². The minimum Gasteiger partial charge on any atom is -0.468 e. The van der Waals surface area contributed by atoms with E-state index in [2.05, 4.69) is 30.1 Å². The Labute approximate surface area is 104 Å². The highest BCUT2D eigenvalue weighted by Gasteiger charge is 2.21. The number of hydrogen-bond acceptors (Lipinski definition) is 3. The van der Waals surface area contributed by atoms with Gasteiger partial charge in [0.2, 0.25) is 0 Å². The summed E-state index contributed by atoms with van der Waals surface area (Å²) in [5, 5.41) is 3.73. The van der Waals surface area contributed by atoms with Crippen molar-refractivity contribution < 1.29 is 4.42 Å². The molecule has 0 spiro atoms.